The Bertz CT molecular complexity index is 1330. The standard InChI is InChI=1S/C24H28N2O9/c1-10-6-8-13(26-10)21(29)34-19-17(28)23(35-24(3,4)20(19)31-5)32-14-9-7-12-16(27)15(25)22(30)33-18(12)11(14)2/h6-9,17,19-20,23,26-28H,25H2,1-5H3/t17-,19+,20+,23-/m1/s1. The van der Waals surface area contributed by atoms with E-state index in [-0.39, 0.29) is 22.4 Å². The number of aryl methyl sites for hydroxylation is 2. The fourth-order valence-corrected chi connectivity index (χ4v) is 4.25. The largest absolute Gasteiger partial charge is 0.505 e. The number of aromatic nitrogens is 1. The summed E-state index contributed by atoms with van der Waals surface area (Å²) >= 11 is 0. The van der Waals surface area contributed by atoms with E-state index in [0.717, 1.165) is 5.69 Å². The summed E-state index contributed by atoms with van der Waals surface area (Å²) in [5, 5.41) is 21.5. The second-order valence-electron chi connectivity index (χ2n) is 9.00. The number of aromatic hydroxyl groups is 1. The summed E-state index contributed by atoms with van der Waals surface area (Å²) in [6.07, 6.45) is -4.65. The molecular weight excluding hydrogens is 460 g/mol. The van der Waals surface area contributed by atoms with Gasteiger partial charge in [0.25, 0.3) is 0 Å². The van der Waals surface area contributed by atoms with Gasteiger partial charge in [-0.3, -0.25) is 0 Å². The highest BCUT2D eigenvalue weighted by Crippen LogP contribution is 2.38. The number of anilines is 1. The van der Waals surface area contributed by atoms with Crippen molar-refractivity contribution in [3.8, 4) is 11.5 Å². The first kappa shape index (κ1) is 24.6. The van der Waals surface area contributed by atoms with E-state index in [0.29, 0.717) is 5.56 Å². The topological polar surface area (TPSA) is 166 Å². The molecule has 0 radical (unpaired) electrons. The predicted octanol–water partition coefficient (Wildman–Crippen LogP) is 2.14. The summed E-state index contributed by atoms with van der Waals surface area (Å²) in [5.41, 5.74) is 4.69. The lowest BCUT2D eigenvalue weighted by Gasteiger charge is -2.47. The number of aromatic amines is 1. The molecule has 4 rings (SSSR count). The van der Waals surface area contributed by atoms with Crippen LogP contribution in [0.2, 0.25) is 0 Å². The van der Waals surface area contributed by atoms with Gasteiger partial charge in [-0.15, -0.1) is 0 Å². The number of aliphatic hydroxyl groups excluding tert-OH is 1. The first-order valence-corrected chi connectivity index (χ1v) is 10.9. The zero-order valence-electron chi connectivity index (χ0n) is 19.9. The van der Waals surface area contributed by atoms with E-state index in [1.165, 1.54) is 19.2 Å². The Morgan fingerprint density at radius 1 is 1.20 bits per heavy atom. The number of H-pyrrole nitrogens is 1. The van der Waals surface area contributed by atoms with E-state index >= 15 is 0 Å². The van der Waals surface area contributed by atoms with Crippen molar-refractivity contribution in [1.82, 2.24) is 4.98 Å². The molecule has 0 unspecified atom stereocenters. The molecule has 11 nitrogen and oxygen atoms in total. The van der Waals surface area contributed by atoms with Gasteiger partial charge in [-0.05, 0) is 52.0 Å². The normalized spacial score (nSPS) is 23.8. The fraction of sp³-hybridized carbons (Fsp3) is 0.417. The first-order chi connectivity index (χ1) is 16.4. The number of fused-ring (bicyclic) bond motifs is 1. The van der Waals surface area contributed by atoms with Crippen LogP contribution in [0.5, 0.6) is 11.5 Å². The number of esters is 1. The minimum atomic E-state index is -1.44. The van der Waals surface area contributed by atoms with Gasteiger partial charge < -0.3 is 44.3 Å². The molecule has 0 bridgehead atoms. The van der Waals surface area contributed by atoms with Gasteiger partial charge >= 0.3 is 11.6 Å². The van der Waals surface area contributed by atoms with Gasteiger partial charge in [-0.2, -0.15) is 0 Å². The molecule has 1 aliphatic heterocycles. The third kappa shape index (κ3) is 4.33. The maximum atomic E-state index is 12.7. The number of carbonyl (C=O) groups is 1. The van der Waals surface area contributed by atoms with E-state index in [1.54, 1.807) is 39.8 Å². The zero-order valence-corrected chi connectivity index (χ0v) is 19.9. The van der Waals surface area contributed by atoms with E-state index in [2.05, 4.69) is 4.98 Å². The van der Waals surface area contributed by atoms with Gasteiger partial charge in [0.15, 0.2) is 23.6 Å². The van der Waals surface area contributed by atoms with E-state index < -0.39 is 53.2 Å². The molecule has 1 saturated heterocycles. The SMILES string of the molecule is CO[C@H]1[C@@H](OC(=O)c2ccc(C)[nH]2)[C@@H](O)[C@H](Oc2ccc3c(O)c(N)c(=O)oc3c2C)OC1(C)C. The second-order valence-corrected chi connectivity index (χ2v) is 9.00. The van der Waals surface area contributed by atoms with Crippen LogP contribution in [-0.4, -0.2) is 58.5 Å². The molecule has 4 atom stereocenters. The number of rotatable bonds is 5. The zero-order chi connectivity index (χ0) is 25.7. The quantitative estimate of drug-likeness (QED) is 0.309. The molecule has 0 spiro atoms. The summed E-state index contributed by atoms with van der Waals surface area (Å²) < 4.78 is 28.4. The maximum absolute atomic E-state index is 12.7. The van der Waals surface area contributed by atoms with Crippen LogP contribution in [0.25, 0.3) is 11.0 Å². The number of benzene rings is 1. The van der Waals surface area contributed by atoms with E-state index in [1.807, 2.05) is 0 Å². The number of nitrogens with one attached hydrogen (secondary N) is 1. The molecule has 3 aromatic rings. The molecular formula is C24H28N2O9. The highest BCUT2D eigenvalue weighted by atomic mass is 16.7. The third-order valence-electron chi connectivity index (χ3n) is 6.09. The highest BCUT2D eigenvalue weighted by molar-refractivity contribution is 5.90. The van der Waals surface area contributed by atoms with Crippen molar-refractivity contribution in [3.05, 3.63) is 51.6 Å². The van der Waals surface area contributed by atoms with Gasteiger partial charge in [-0.1, -0.05) is 0 Å². The van der Waals surface area contributed by atoms with E-state index in [9.17, 15) is 19.8 Å². The number of nitrogens with two attached hydrogens (primary N) is 1. The molecule has 1 fully saturated rings. The number of hydrogen-bond acceptors (Lipinski definition) is 10. The van der Waals surface area contributed by atoms with Crippen molar-refractivity contribution in [2.24, 2.45) is 0 Å². The Morgan fingerprint density at radius 2 is 1.91 bits per heavy atom. The van der Waals surface area contributed by atoms with Crippen molar-refractivity contribution in [2.75, 3.05) is 12.8 Å². The van der Waals surface area contributed by atoms with Crippen molar-refractivity contribution < 1.29 is 38.4 Å². The average Bonchev–Trinajstić information content (AvgIpc) is 3.24. The van der Waals surface area contributed by atoms with Gasteiger partial charge in [0.1, 0.15) is 23.1 Å². The van der Waals surface area contributed by atoms with Crippen LogP contribution in [0.15, 0.2) is 33.5 Å². The monoisotopic (exact) mass is 488 g/mol. The number of hydrogen-bond donors (Lipinski definition) is 4. The fourth-order valence-electron chi connectivity index (χ4n) is 4.25. The number of nitrogen functional groups attached to an aromatic ring is 1. The lowest BCUT2D eigenvalue weighted by Crippen LogP contribution is -2.65. The molecule has 1 aliphatic rings. The molecule has 0 amide bonds. The molecule has 188 valence electrons. The Morgan fingerprint density at radius 3 is 2.54 bits per heavy atom. The summed E-state index contributed by atoms with van der Waals surface area (Å²) in [6, 6.07) is 6.30. The van der Waals surface area contributed by atoms with Crippen molar-refractivity contribution >= 4 is 22.6 Å². The molecule has 5 N–H and O–H groups in total. The Kier molecular flexibility index (Phi) is 6.26. The van der Waals surface area contributed by atoms with Gasteiger partial charge in [0, 0.05) is 18.4 Å². The summed E-state index contributed by atoms with van der Waals surface area (Å²) in [6.45, 7) is 6.85. The molecule has 1 aromatic carbocycles. The van der Waals surface area contributed by atoms with Gasteiger partial charge in [0.2, 0.25) is 6.29 Å². The Hall–Kier alpha value is -3.54. The van der Waals surface area contributed by atoms with Crippen LogP contribution in [0.3, 0.4) is 0 Å². The Balaban J connectivity index is 1.66. The highest BCUT2D eigenvalue weighted by Gasteiger charge is 2.53. The lowest BCUT2D eigenvalue weighted by molar-refractivity contribution is -0.305. The first-order valence-electron chi connectivity index (χ1n) is 10.9. The van der Waals surface area contributed by atoms with Gasteiger partial charge in [0.05, 0.1) is 11.0 Å². The average molecular weight is 488 g/mol. The third-order valence-corrected chi connectivity index (χ3v) is 6.09. The molecule has 35 heavy (non-hydrogen) atoms. The lowest BCUT2D eigenvalue weighted by atomic mass is 9.89. The van der Waals surface area contributed by atoms with Crippen LogP contribution in [0.4, 0.5) is 5.69 Å². The molecule has 0 saturated carbocycles. The molecule has 3 heterocycles. The summed E-state index contributed by atoms with van der Waals surface area (Å²) in [7, 11) is 1.43. The summed E-state index contributed by atoms with van der Waals surface area (Å²) in [4.78, 5) is 27.6. The summed E-state index contributed by atoms with van der Waals surface area (Å²) in [5.74, 6) is -0.849. The molecule has 0 aliphatic carbocycles. The van der Waals surface area contributed by atoms with Crippen molar-refractivity contribution in [3.63, 3.8) is 0 Å². The number of methoxy groups -OCH3 is 1. The minimum absolute atomic E-state index is 0.0728. The van der Waals surface area contributed by atoms with Crippen molar-refractivity contribution in [1.29, 1.82) is 0 Å². The van der Waals surface area contributed by atoms with E-state index in [4.69, 9.17) is 29.1 Å². The Labute approximate surface area is 200 Å². The predicted molar refractivity (Wildman–Crippen MR) is 124 cm³/mol. The van der Waals surface area contributed by atoms with Crippen LogP contribution in [-0.2, 0) is 14.2 Å². The van der Waals surface area contributed by atoms with Crippen LogP contribution >= 0.6 is 0 Å². The number of ether oxygens (including phenoxy) is 4. The van der Waals surface area contributed by atoms with Gasteiger partial charge in [-0.25, -0.2) is 9.59 Å². The van der Waals surface area contributed by atoms with Crippen LogP contribution < -0.4 is 16.1 Å². The van der Waals surface area contributed by atoms with Crippen molar-refractivity contribution in [2.45, 2.75) is 57.9 Å². The van der Waals surface area contributed by atoms with Crippen LogP contribution in [0, 0.1) is 13.8 Å². The van der Waals surface area contributed by atoms with Crippen LogP contribution in [0.1, 0.15) is 35.6 Å². The maximum Gasteiger partial charge on any atom is 0.363 e. The molecule has 2 aromatic heterocycles. The number of carbonyl (C=O) groups excluding carboxylic acids is 1. The smallest absolute Gasteiger partial charge is 0.363 e. The second kappa shape index (κ2) is 8.91. The molecule has 11 heteroatoms. The minimum Gasteiger partial charge on any atom is -0.505 e. The number of aliphatic hydroxyl groups is 1.